The lowest BCUT2D eigenvalue weighted by Crippen LogP contribution is -2.16. The fourth-order valence-corrected chi connectivity index (χ4v) is 3.02. The monoisotopic (exact) mass is 400 g/mol. The summed E-state index contributed by atoms with van der Waals surface area (Å²) in [7, 11) is 0. The molecule has 104 valence electrons. The Morgan fingerprint density at radius 3 is 2.65 bits per heavy atom. The summed E-state index contributed by atoms with van der Waals surface area (Å²) >= 11 is 3.56. The van der Waals surface area contributed by atoms with Crippen molar-refractivity contribution in [3.8, 4) is 16.3 Å². The van der Waals surface area contributed by atoms with Crippen LogP contribution in [0.3, 0.4) is 0 Å². The van der Waals surface area contributed by atoms with E-state index >= 15 is 0 Å². The highest BCUT2D eigenvalue weighted by molar-refractivity contribution is 14.1. The third-order valence-electron chi connectivity index (χ3n) is 2.85. The Labute approximate surface area is 133 Å². The van der Waals surface area contributed by atoms with E-state index in [2.05, 4.69) is 58.7 Å². The van der Waals surface area contributed by atoms with Gasteiger partial charge in [-0.05, 0) is 34.7 Å². The molecule has 0 bridgehead atoms. The quantitative estimate of drug-likeness (QED) is 0.636. The Morgan fingerprint density at radius 2 is 2.00 bits per heavy atom. The van der Waals surface area contributed by atoms with Crippen LogP contribution >= 0.6 is 33.9 Å². The van der Waals surface area contributed by atoms with Crippen molar-refractivity contribution in [3.63, 3.8) is 0 Å². The van der Waals surface area contributed by atoms with E-state index < -0.39 is 0 Å². The van der Waals surface area contributed by atoms with Crippen LogP contribution in [0.15, 0.2) is 18.2 Å². The van der Waals surface area contributed by atoms with Gasteiger partial charge in [-0.3, -0.25) is 0 Å². The van der Waals surface area contributed by atoms with Crippen LogP contribution in [0.25, 0.3) is 15.5 Å². The highest BCUT2D eigenvalue weighted by atomic mass is 127. The van der Waals surface area contributed by atoms with Crippen molar-refractivity contribution in [2.24, 2.45) is 0 Å². The minimum atomic E-state index is -0.112. The summed E-state index contributed by atoms with van der Waals surface area (Å²) < 4.78 is 2.61. The van der Waals surface area contributed by atoms with Crippen LogP contribution in [-0.4, -0.2) is 24.9 Å². The number of aromatic hydroxyl groups is 1. The van der Waals surface area contributed by atoms with Gasteiger partial charge < -0.3 is 5.11 Å². The van der Waals surface area contributed by atoms with Gasteiger partial charge in [-0.15, -0.1) is 10.2 Å². The smallest absolute Gasteiger partial charge is 0.235 e. The minimum Gasteiger partial charge on any atom is -0.507 e. The first-order valence-corrected chi connectivity index (χ1v) is 7.97. The van der Waals surface area contributed by atoms with Crippen molar-refractivity contribution in [2.75, 3.05) is 0 Å². The van der Waals surface area contributed by atoms with Crippen LogP contribution < -0.4 is 0 Å². The van der Waals surface area contributed by atoms with E-state index in [9.17, 15) is 5.11 Å². The molecule has 3 rings (SSSR count). The first-order valence-electron chi connectivity index (χ1n) is 6.08. The van der Waals surface area contributed by atoms with Gasteiger partial charge in [0.2, 0.25) is 4.96 Å². The van der Waals surface area contributed by atoms with Gasteiger partial charge >= 0.3 is 0 Å². The van der Waals surface area contributed by atoms with E-state index in [1.54, 1.807) is 10.6 Å². The molecule has 20 heavy (non-hydrogen) atoms. The number of aromatic nitrogens is 4. The molecule has 0 amide bonds. The molecule has 0 fully saturated rings. The van der Waals surface area contributed by atoms with Crippen molar-refractivity contribution < 1.29 is 5.11 Å². The maximum Gasteiger partial charge on any atom is 0.235 e. The summed E-state index contributed by atoms with van der Waals surface area (Å²) in [6, 6.07) is 5.55. The van der Waals surface area contributed by atoms with Gasteiger partial charge in [0.1, 0.15) is 10.8 Å². The molecule has 0 unspecified atom stereocenters. The molecule has 0 aliphatic carbocycles. The van der Waals surface area contributed by atoms with E-state index in [0.29, 0.717) is 0 Å². The number of hydrogen-bond donors (Lipinski definition) is 1. The molecule has 0 atom stereocenters. The van der Waals surface area contributed by atoms with Crippen molar-refractivity contribution in [1.29, 1.82) is 0 Å². The van der Waals surface area contributed by atoms with Crippen molar-refractivity contribution >= 4 is 38.9 Å². The number of fused-ring (bicyclic) bond motifs is 1. The Bertz CT molecular complexity index is 787. The largest absolute Gasteiger partial charge is 0.507 e. The van der Waals surface area contributed by atoms with E-state index in [-0.39, 0.29) is 11.2 Å². The standard InChI is InChI=1S/C13H13IN4OS/c1-13(2,3)11-15-16-12-18(11)17-10(20-12)7-4-5-8(14)9(19)6-7/h4-6,19H,1-3H3. The zero-order chi connectivity index (χ0) is 14.5. The second-order valence-corrected chi connectivity index (χ2v) is 7.66. The number of phenols is 1. The number of rotatable bonds is 1. The van der Waals surface area contributed by atoms with E-state index in [4.69, 9.17) is 0 Å². The number of halogens is 1. The number of phenolic OH excluding ortho intramolecular Hbond substituents is 1. The van der Waals surface area contributed by atoms with E-state index in [0.717, 1.165) is 24.9 Å². The van der Waals surface area contributed by atoms with Gasteiger partial charge in [0, 0.05) is 11.0 Å². The molecular formula is C13H13IN4OS. The molecule has 0 saturated heterocycles. The van der Waals surface area contributed by atoms with Crippen LogP contribution in [0.5, 0.6) is 5.75 Å². The summed E-state index contributed by atoms with van der Waals surface area (Å²) in [4.78, 5) is 0.767. The average molecular weight is 400 g/mol. The first kappa shape index (κ1) is 13.7. The van der Waals surface area contributed by atoms with Crippen LogP contribution in [-0.2, 0) is 5.41 Å². The fraction of sp³-hybridized carbons (Fsp3) is 0.308. The third kappa shape index (κ3) is 2.28. The maximum atomic E-state index is 9.81. The van der Waals surface area contributed by atoms with E-state index in [1.807, 2.05) is 12.1 Å². The second kappa shape index (κ2) is 4.66. The van der Waals surface area contributed by atoms with Crippen LogP contribution in [0.1, 0.15) is 26.6 Å². The molecule has 2 aromatic heterocycles. The number of hydrogen-bond acceptors (Lipinski definition) is 5. The molecule has 2 heterocycles. The lowest BCUT2D eigenvalue weighted by atomic mass is 9.96. The van der Waals surface area contributed by atoms with Crippen molar-refractivity contribution in [3.05, 3.63) is 27.6 Å². The number of nitrogens with zero attached hydrogens (tertiary/aromatic N) is 4. The number of benzene rings is 1. The Kier molecular flexibility index (Phi) is 3.20. The van der Waals surface area contributed by atoms with E-state index in [1.165, 1.54) is 11.3 Å². The van der Waals surface area contributed by atoms with Gasteiger partial charge in [0.05, 0.1) is 3.57 Å². The SMILES string of the molecule is CC(C)(C)c1nnc2sc(-c3ccc(I)c(O)c3)nn12. The molecule has 0 aliphatic heterocycles. The normalized spacial score (nSPS) is 12.2. The van der Waals surface area contributed by atoms with Gasteiger partial charge in [-0.25, -0.2) is 0 Å². The molecule has 1 N–H and O–H groups in total. The average Bonchev–Trinajstić information content (AvgIpc) is 2.90. The second-order valence-electron chi connectivity index (χ2n) is 5.54. The zero-order valence-corrected chi connectivity index (χ0v) is 14.2. The Morgan fingerprint density at radius 1 is 1.25 bits per heavy atom. The van der Waals surface area contributed by atoms with Gasteiger partial charge in [0.25, 0.3) is 0 Å². The van der Waals surface area contributed by atoms with Crippen LogP contribution in [0, 0.1) is 3.57 Å². The molecule has 1 aromatic carbocycles. The molecule has 0 radical (unpaired) electrons. The highest BCUT2D eigenvalue weighted by Crippen LogP contribution is 2.31. The summed E-state index contributed by atoms with van der Waals surface area (Å²) in [6.45, 7) is 6.25. The van der Waals surface area contributed by atoms with Gasteiger partial charge in [-0.2, -0.15) is 9.61 Å². The van der Waals surface area contributed by atoms with Crippen LogP contribution in [0.4, 0.5) is 0 Å². The topological polar surface area (TPSA) is 63.3 Å². The molecule has 7 heteroatoms. The first-order chi connectivity index (χ1) is 9.36. The molecule has 0 aliphatic rings. The fourth-order valence-electron chi connectivity index (χ4n) is 1.85. The van der Waals surface area contributed by atoms with Crippen molar-refractivity contribution in [1.82, 2.24) is 19.8 Å². The van der Waals surface area contributed by atoms with Gasteiger partial charge in [-0.1, -0.05) is 38.2 Å². The summed E-state index contributed by atoms with van der Waals surface area (Å²) in [5, 5.41) is 23.6. The highest BCUT2D eigenvalue weighted by Gasteiger charge is 2.23. The van der Waals surface area contributed by atoms with Crippen molar-refractivity contribution in [2.45, 2.75) is 26.2 Å². The lowest BCUT2D eigenvalue weighted by Gasteiger charge is -2.13. The Balaban J connectivity index is 2.14. The summed E-state index contributed by atoms with van der Waals surface area (Å²) in [5.41, 5.74) is 0.775. The molecule has 0 saturated carbocycles. The summed E-state index contributed by atoms with van der Waals surface area (Å²) in [6.07, 6.45) is 0. The third-order valence-corrected chi connectivity index (χ3v) is 4.71. The molecule has 3 aromatic rings. The maximum absolute atomic E-state index is 9.81. The van der Waals surface area contributed by atoms with Crippen LogP contribution in [0.2, 0.25) is 0 Å². The predicted octanol–water partition coefficient (Wildman–Crippen LogP) is 3.46. The minimum absolute atomic E-state index is 0.112. The summed E-state index contributed by atoms with van der Waals surface area (Å²) in [5.74, 6) is 1.11. The predicted molar refractivity (Wildman–Crippen MR) is 87.2 cm³/mol. The van der Waals surface area contributed by atoms with Gasteiger partial charge in [0.15, 0.2) is 5.82 Å². The molecular weight excluding hydrogens is 387 g/mol. The molecule has 0 spiro atoms. The zero-order valence-electron chi connectivity index (χ0n) is 11.3. The lowest BCUT2D eigenvalue weighted by molar-refractivity contribution is 0.472. The molecule has 5 nitrogen and oxygen atoms in total. The Hall–Kier alpha value is -1.22.